The first-order valence-electron chi connectivity index (χ1n) is 13.9. The Morgan fingerprint density at radius 3 is 2.03 bits per heavy atom. The number of carbonyl (C=O) groups is 2. The Labute approximate surface area is 201 Å². The average Bonchev–Trinajstić information content (AvgIpc) is 2.74. The van der Waals surface area contributed by atoms with Crippen molar-refractivity contribution in [3.8, 4) is 0 Å². The van der Waals surface area contributed by atoms with Crippen LogP contribution >= 0.6 is 0 Å². The third-order valence-electron chi connectivity index (χ3n) is 14.0. The number of rotatable bonds is 1. The molecule has 5 aliphatic carbocycles. The number of carbonyl (C=O) groups excluding carboxylic acids is 1. The van der Waals surface area contributed by atoms with E-state index in [0.29, 0.717) is 29.0 Å². The zero-order chi connectivity index (χ0) is 24.2. The lowest BCUT2D eigenvalue weighted by molar-refractivity contribution is -0.257. The zero-order valence-corrected chi connectivity index (χ0v) is 22.4. The molecule has 3 heteroatoms. The first kappa shape index (κ1) is 23.9. The molecule has 5 fully saturated rings. The molecule has 0 aromatic heterocycles. The molecule has 10 atom stereocenters. The van der Waals surface area contributed by atoms with Crippen molar-refractivity contribution in [3.05, 3.63) is 0 Å². The van der Waals surface area contributed by atoms with E-state index in [-0.39, 0.29) is 27.6 Å². The van der Waals surface area contributed by atoms with E-state index >= 15 is 0 Å². The molecule has 0 unspecified atom stereocenters. The minimum atomic E-state index is -0.588. The first-order chi connectivity index (χ1) is 15.2. The second-order valence-corrected chi connectivity index (χ2v) is 15.0. The van der Waals surface area contributed by atoms with Gasteiger partial charge in [-0.3, -0.25) is 9.59 Å². The maximum atomic E-state index is 12.7. The number of fused-ring (bicyclic) bond motifs is 7. The Morgan fingerprint density at radius 1 is 0.758 bits per heavy atom. The minimum Gasteiger partial charge on any atom is -0.481 e. The van der Waals surface area contributed by atoms with Crippen molar-refractivity contribution in [1.29, 1.82) is 0 Å². The van der Waals surface area contributed by atoms with E-state index in [1.807, 2.05) is 6.92 Å². The number of carboxylic acids is 1. The first-order valence-corrected chi connectivity index (χ1v) is 13.9. The van der Waals surface area contributed by atoms with Crippen LogP contribution in [-0.2, 0) is 9.59 Å². The SMILES string of the molecule is C[C@H]1C(=O)CC[C@H]2[C@]1(C)CC[C@@H]1[C@]2(C)CC[C@@]2(C)[C@H]3C[C@@](C)(C(=O)O)CC[C@]3(C)CC[C@]12C. The molecule has 5 aliphatic rings. The minimum absolute atomic E-state index is 0.153. The summed E-state index contributed by atoms with van der Waals surface area (Å²) in [5.74, 6) is 1.91. The highest BCUT2D eigenvalue weighted by Crippen LogP contribution is 2.78. The van der Waals surface area contributed by atoms with Gasteiger partial charge >= 0.3 is 5.97 Å². The number of ketones is 1. The van der Waals surface area contributed by atoms with Crippen LogP contribution in [0.5, 0.6) is 0 Å². The molecular formula is C30H48O3. The molecule has 0 bridgehead atoms. The van der Waals surface area contributed by atoms with Crippen LogP contribution in [0.2, 0.25) is 0 Å². The largest absolute Gasteiger partial charge is 0.481 e. The Kier molecular flexibility index (Phi) is 4.97. The Morgan fingerprint density at radius 2 is 1.36 bits per heavy atom. The van der Waals surface area contributed by atoms with Gasteiger partial charge in [0, 0.05) is 12.3 Å². The summed E-state index contributed by atoms with van der Waals surface area (Å²) in [5.41, 5.74) is 0.621. The van der Waals surface area contributed by atoms with Gasteiger partial charge in [0.15, 0.2) is 0 Å². The lowest BCUT2D eigenvalue weighted by atomic mass is 9.30. The number of carboxylic acid groups (broad SMARTS) is 1. The van der Waals surface area contributed by atoms with Crippen LogP contribution < -0.4 is 0 Å². The molecule has 0 aromatic rings. The van der Waals surface area contributed by atoms with Crippen LogP contribution in [0, 0.1) is 56.2 Å². The second-order valence-electron chi connectivity index (χ2n) is 15.0. The van der Waals surface area contributed by atoms with Gasteiger partial charge in [0.25, 0.3) is 0 Å². The Hall–Kier alpha value is -0.860. The fourth-order valence-electron chi connectivity index (χ4n) is 11.2. The van der Waals surface area contributed by atoms with Gasteiger partial charge in [-0.15, -0.1) is 0 Å². The van der Waals surface area contributed by atoms with E-state index in [9.17, 15) is 14.7 Å². The Balaban J connectivity index is 1.54. The van der Waals surface area contributed by atoms with Crippen molar-refractivity contribution in [3.63, 3.8) is 0 Å². The molecule has 5 saturated carbocycles. The van der Waals surface area contributed by atoms with Crippen LogP contribution in [0.25, 0.3) is 0 Å². The molecule has 0 aromatic carbocycles. The van der Waals surface area contributed by atoms with E-state index in [1.54, 1.807) is 0 Å². The van der Waals surface area contributed by atoms with E-state index < -0.39 is 11.4 Å². The molecule has 3 nitrogen and oxygen atoms in total. The highest BCUT2D eigenvalue weighted by atomic mass is 16.4. The van der Waals surface area contributed by atoms with Crippen molar-refractivity contribution in [2.75, 3.05) is 0 Å². The third-order valence-corrected chi connectivity index (χ3v) is 14.0. The van der Waals surface area contributed by atoms with Crippen molar-refractivity contribution in [2.45, 2.75) is 119 Å². The van der Waals surface area contributed by atoms with Crippen LogP contribution in [0.3, 0.4) is 0 Å². The van der Waals surface area contributed by atoms with Gasteiger partial charge in [-0.25, -0.2) is 0 Å². The summed E-state index contributed by atoms with van der Waals surface area (Å²) < 4.78 is 0. The second kappa shape index (κ2) is 6.88. The molecule has 33 heavy (non-hydrogen) atoms. The van der Waals surface area contributed by atoms with E-state index in [4.69, 9.17) is 0 Å². The van der Waals surface area contributed by atoms with Gasteiger partial charge in [-0.05, 0) is 116 Å². The van der Waals surface area contributed by atoms with Crippen LogP contribution in [0.4, 0.5) is 0 Å². The van der Waals surface area contributed by atoms with Crippen molar-refractivity contribution in [1.82, 2.24) is 0 Å². The highest BCUT2D eigenvalue weighted by molar-refractivity contribution is 5.82. The van der Waals surface area contributed by atoms with Gasteiger partial charge in [-0.1, -0.05) is 41.5 Å². The van der Waals surface area contributed by atoms with Gasteiger partial charge in [0.05, 0.1) is 5.41 Å². The van der Waals surface area contributed by atoms with Crippen molar-refractivity contribution >= 4 is 11.8 Å². The third kappa shape index (κ3) is 2.80. The fraction of sp³-hybridized carbons (Fsp3) is 0.933. The van der Waals surface area contributed by atoms with Gasteiger partial charge < -0.3 is 5.11 Å². The van der Waals surface area contributed by atoms with Gasteiger partial charge in [0.1, 0.15) is 5.78 Å². The summed E-state index contributed by atoms with van der Waals surface area (Å²) in [7, 11) is 0. The normalized spacial score (nSPS) is 58.5. The van der Waals surface area contributed by atoms with E-state index in [0.717, 1.165) is 32.1 Å². The quantitative estimate of drug-likeness (QED) is 0.444. The molecular weight excluding hydrogens is 408 g/mol. The molecule has 0 radical (unpaired) electrons. The van der Waals surface area contributed by atoms with Crippen LogP contribution in [-0.4, -0.2) is 16.9 Å². The molecule has 0 spiro atoms. The molecule has 186 valence electrons. The fourth-order valence-corrected chi connectivity index (χ4v) is 11.2. The van der Waals surface area contributed by atoms with Crippen LogP contribution in [0.1, 0.15) is 119 Å². The predicted octanol–water partition coefficient (Wildman–Crippen LogP) is 7.52. The summed E-state index contributed by atoms with van der Waals surface area (Å²) in [6, 6.07) is 0. The number of aliphatic carboxylic acids is 1. The zero-order valence-electron chi connectivity index (χ0n) is 22.4. The molecule has 0 amide bonds. The maximum absolute atomic E-state index is 12.7. The number of Topliss-reactive ketones (excluding diaryl/α,β-unsaturated/α-hetero) is 1. The standard InChI is InChI=1S/C30H48O3/c1-19-20(31)8-9-21-27(19,4)11-10-22-28(21,5)15-17-30(7)23-18-26(3,24(32)33)13-12-25(23,2)14-16-29(22,30)6/h19,21-23H,8-18H2,1-7H3,(H,32,33)/t19-,21-,22+,23-,25+,26-,27+,28+,29+,30-/m0/s1. The lowest BCUT2D eigenvalue weighted by Crippen LogP contribution is -2.68. The number of hydrogen-bond donors (Lipinski definition) is 1. The Bertz CT molecular complexity index is 880. The summed E-state index contributed by atoms with van der Waals surface area (Å²) in [4.78, 5) is 25.0. The topological polar surface area (TPSA) is 54.4 Å². The molecule has 0 saturated heterocycles. The van der Waals surface area contributed by atoms with E-state index in [2.05, 4.69) is 41.5 Å². The average molecular weight is 457 g/mol. The highest BCUT2D eigenvalue weighted by Gasteiger charge is 2.71. The summed E-state index contributed by atoms with van der Waals surface area (Å²) in [6.07, 6.45) is 12.0. The van der Waals surface area contributed by atoms with Gasteiger partial charge in [0.2, 0.25) is 0 Å². The predicted molar refractivity (Wildman–Crippen MR) is 132 cm³/mol. The summed E-state index contributed by atoms with van der Waals surface area (Å²) >= 11 is 0. The lowest BCUT2D eigenvalue weighted by Gasteiger charge is -2.74. The number of hydrogen-bond acceptors (Lipinski definition) is 2. The van der Waals surface area contributed by atoms with Crippen molar-refractivity contribution < 1.29 is 14.7 Å². The smallest absolute Gasteiger partial charge is 0.309 e. The monoisotopic (exact) mass is 456 g/mol. The summed E-state index contributed by atoms with van der Waals surface area (Å²) in [5, 5.41) is 10.1. The van der Waals surface area contributed by atoms with Crippen molar-refractivity contribution in [2.24, 2.45) is 56.2 Å². The molecule has 0 heterocycles. The van der Waals surface area contributed by atoms with E-state index in [1.165, 1.54) is 38.5 Å². The molecule has 5 rings (SSSR count). The van der Waals surface area contributed by atoms with Gasteiger partial charge in [-0.2, -0.15) is 0 Å². The molecule has 1 N–H and O–H groups in total. The van der Waals surface area contributed by atoms with Crippen LogP contribution in [0.15, 0.2) is 0 Å². The molecule has 0 aliphatic heterocycles. The maximum Gasteiger partial charge on any atom is 0.309 e. The summed E-state index contributed by atoms with van der Waals surface area (Å²) in [6.45, 7) is 16.9.